The molecule has 0 aliphatic heterocycles. The Morgan fingerprint density at radius 1 is 1.21 bits per heavy atom. The maximum atomic E-state index is 11.0. The van der Waals surface area contributed by atoms with Crippen LogP contribution in [0.1, 0.15) is 20.3 Å². The highest BCUT2D eigenvalue weighted by Crippen LogP contribution is 1.83. The fourth-order valence-corrected chi connectivity index (χ4v) is 0.780. The summed E-state index contributed by atoms with van der Waals surface area (Å²) in [6, 6.07) is 0. The van der Waals surface area contributed by atoms with Crippen molar-refractivity contribution in [2.75, 3.05) is 26.4 Å². The van der Waals surface area contributed by atoms with Gasteiger partial charge in [0.15, 0.2) is 0 Å². The number of nitrogens with one attached hydrogen (secondary N) is 1. The predicted molar refractivity (Wildman–Crippen MR) is 50.8 cm³/mol. The summed E-state index contributed by atoms with van der Waals surface area (Å²) in [4.78, 5) is 21.8. The lowest BCUT2D eigenvalue weighted by atomic mass is 10.4. The third kappa shape index (κ3) is 7.54. The molecule has 14 heavy (non-hydrogen) atoms. The number of hydrogen-bond donors (Lipinski definition) is 1. The van der Waals surface area contributed by atoms with E-state index in [4.69, 9.17) is 4.74 Å². The van der Waals surface area contributed by atoms with E-state index >= 15 is 0 Å². The van der Waals surface area contributed by atoms with Crippen LogP contribution in [0.5, 0.6) is 0 Å². The Labute approximate surface area is 83.8 Å². The molecule has 0 aliphatic carbocycles. The van der Waals surface area contributed by atoms with E-state index in [1.807, 2.05) is 6.92 Å². The maximum Gasteiger partial charge on any atom is 0.325 e. The van der Waals surface area contributed by atoms with Crippen LogP contribution in [0.4, 0.5) is 0 Å². The van der Waals surface area contributed by atoms with E-state index in [1.54, 1.807) is 6.92 Å². The summed E-state index contributed by atoms with van der Waals surface area (Å²) < 4.78 is 9.61. The fraction of sp³-hybridized carbons (Fsp3) is 0.778. The molecule has 0 saturated heterocycles. The standard InChI is InChI=1S/C9H17NO4/c1-3-13-6-5-8(11)10-7-9(12)14-4-2/h3-7H2,1-2H3,(H,10,11). The smallest absolute Gasteiger partial charge is 0.325 e. The first kappa shape index (κ1) is 12.9. The summed E-state index contributed by atoms with van der Waals surface area (Å²) in [6.07, 6.45) is 0.271. The summed E-state index contributed by atoms with van der Waals surface area (Å²) in [6.45, 7) is 4.80. The highest BCUT2D eigenvalue weighted by Gasteiger charge is 2.04. The molecule has 0 atom stereocenters. The monoisotopic (exact) mass is 203 g/mol. The van der Waals surface area contributed by atoms with E-state index in [0.717, 1.165) is 0 Å². The first-order valence-corrected chi connectivity index (χ1v) is 4.70. The van der Waals surface area contributed by atoms with Gasteiger partial charge in [-0.15, -0.1) is 0 Å². The average molecular weight is 203 g/mol. The molecule has 5 nitrogen and oxygen atoms in total. The van der Waals surface area contributed by atoms with E-state index in [0.29, 0.717) is 19.8 Å². The molecular formula is C9H17NO4. The quantitative estimate of drug-likeness (QED) is 0.470. The van der Waals surface area contributed by atoms with Crippen LogP contribution in [0.2, 0.25) is 0 Å². The van der Waals surface area contributed by atoms with Crippen LogP contribution in [-0.2, 0) is 19.1 Å². The summed E-state index contributed by atoms with van der Waals surface area (Å²) in [5.74, 6) is -0.622. The van der Waals surface area contributed by atoms with E-state index in [2.05, 4.69) is 10.1 Å². The number of esters is 1. The van der Waals surface area contributed by atoms with Crippen LogP contribution in [0, 0.1) is 0 Å². The van der Waals surface area contributed by atoms with Crippen molar-refractivity contribution in [3.8, 4) is 0 Å². The zero-order valence-corrected chi connectivity index (χ0v) is 8.67. The van der Waals surface area contributed by atoms with Crippen molar-refractivity contribution in [3.63, 3.8) is 0 Å². The molecule has 0 heterocycles. The van der Waals surface area contributed by atoms with E-state index in [-0.39, 0.29) is 18.9 Å². The highest BCUT2D eigenvalue weighted by atomic mass is 16.5. The number of carbonyl (C=O) groups is 2. The van der Waals surface area contributed by atoms with E-state index < -0.39 is 5.97 Å². The van der Waals surface area contributed by atoms with Gasteiger partial charge in [-0.05, 0) is 13.8 Å². The molecule has 0 bridgehead atoms. The molecule has 1 N–H and O–H groups in total. The second kappa shape index (κ2) is 8.50. The number of hydrogen-bond acceptors (Lipinski definition) is 4. The van der Waals surface area contributed by atoms with Gasteiger partial charge in [0.1, 0.15) is 6.54 Å². The Hall–Kier alpha value is -1.10. The van der Waals surface area contributed by atoms with Crippen molar-refractivity contribution in [3.05, 3.63) is 0 Å². The number of rotatable bonds is 7. The summed E-state index contributed by atoms with van der Waals surface area (Å²) in [5.41, 5.74) is 0. The molecule has 0 aromatic carbocycles. The molecule has 0 aromatic heterocycles. The van der Waals surface area contributed by atoms with Crippen molar-refractivity contribution >= 4 is 11.9 Å². The van der Waals surface area contributed by atoms with Gasteiger partial charge >= 0.3 is 5.97 Å². The summed E-state index contributed by atoms with van der Waals surface area (Å²) in [7, 11) is 0. The van der Waals surface area contributed by atoms with Crippen molar-refractivity contribution in [2.45, 2.75) is 20.3 Å². The van der Waals surface area contributed by atoms with Gasteiger partial charge in [0.2, 0.25) is 5.91 Å². The molecule has 0 unspecified atom stereocenters. The molecule has 0 aromatic rings. The van der Waals surface area contributed by atoms with Gasteiger partial charge in [-0.3, -0.25) is 9.59 Å². The van der Waals surface area contributed by atoms with Crippen LogP contribution in [-0.4, -0.2) is 38.2 Å². The molecular weight excluding hydrogens is 186 g/mol. The third-order valence-corrected chi connectivity index (χ3v) is 1.41. The summed E-state index contributed by atoms with van der Waals surface area (Å²) in [5, 5.41) is 2.43. The minimum atomic E-state index is -0.419. The van der Waals surface area contributed by atoms with Crippen molar-refractivity contribution in [2.24, 2.45) is 0 Å². The number of carbonyl (C=O) groups excluding carboxylic acids is 2. The van der Waals surface area contributed by atoms with Gasteiger partial charge in [0.05, 0.1) is 13.2 Å². The molecule has 0 fully saturated rings. The van der Waals surface area contributed by atoms with E-state index in [9.17, 15) is 9.59 Å². The molecule has 0 spiro atoms. The van der Waals surface area contributed by atoms with Gasteiger partial charge in [-0.1, -0.05) is 0 Å². The van der Waals surface area contributed by atoms with Crippen LogP contribution in [0.25, 0.3) is 0 Å². The lowest BCUT2D eigenvalue weighted by Crippen LogP contribution is -2.31. The molecule has 5 heteroatoms. The largest absolute Gasteiger partial charge is 0.465 e. The SMILES string of the molecule is CCOCCC(=O)NCC(=O)OCC. The second-order valence-electron chi connectivity index (χ2n) is 2.53. The van der Waals surface area contributed by atoms with Crippen molar-refractivity contribution in [1.29, 1.82) is 0 Å². The predicted octanol–water partition coefficient (Wildman–Crippen LogP) is 0.0923. The Morgan fingerprint density at radius 2 is 1.93 bits per heavy atom. The zero-order chi connectivity index (χ0) is 10.8. The Morgan fingerprint density at radius 3 is 2.50 bits per heavy atom. The minimum Gasteiger partial charge on any atom is -0.465 e. The lowest BCUT2D eigenvalue weighted by Gasteiger charge is -2.04. The molecule has 0 saturated carbocycles. The van der Waals surface area contributed by atoms with Gasteiger partial charge in [-0.2, -0.15) is 0 Å². The highest BCUT2D eigenvalue weighted by molar-refractivity contribution is 5.81. The normalized spacial score (nSPS) is 9.57. The lowest BCUT2D eigenvalue weighted by molar-refractivity contribution is -0.143. The number of amides is 1. The average Bonchev–Trinajstić information content (AvgIpc) is 2.16. The van der Waals surface area contributed by atoms with Gasteiger partial charge < -0.3 is 14.8 Å². The van der Waals surface area contributed by atoms with Gasteiger partial charge in [-0.25, -0.2) is 0 Å². The Bertz CT molecular complexity index is 182. The molecule has 0 aliphatic rings. The first-order chi connectivity index (χ1) is 6.70. The molecule has 0 rings (SSSR count). The molecule has 82 valence electrons. The van der Waals surface area contributed by atoms with Crippen LogP contribution >= 0.6 is 0 Å². The topological polar surface area (TPSA) is 64.6 Å². The van der Waals surface area contributed by atoms with Crippen LogP contribution < -0.4 is 5.32 Å². The number of ether oxygens (including phenoxy) is 2. The van der Waals surface area contributed by atoms with Crippen LogP contribution in [0.15, 0.2) is 0 Å². The van der Waals surface area contributed by atoms with Gasteiger partial charge in [0, 0.05) is 13.0 Å². The zero-order valence-electron chi connectivity index (χ0n) is 8.67. The minimum absolute atomic E-state index is 0.0706. The second-order valence-corrected chi connectivity index (χ2v) is 2.53. The van der Waals surface area contributed by atoms with E-state index in [1.165, 1.54) is 0 Å². The third-order valence-electron chi connectivity index (χ3n) is 1.41. The Kier molecular flexibility index (Phi) is 7.83. The molecule has 0 radical (unpaired) electrons. The fourth-order valence-electron chi connectivity index (χ4n) is 0.780. The molecule has 1 amide bonds. The van der Waals surface area contributed by atoms with Crippen LogP contribution in [0.3, 0.4) is 0 Å². The summed E-state index contributed by atoms with van der Waals surface area (Å²) >= 11 is 0. The van der Waals surface area contributed by atoms with Crippen molar-refractivity contribution < 1.29 is 19.1 Å². The maximum absolute atomic E-state index is 11.0. The first-order valence-electron chi connectivity index (χ1n) is 4.70. The van der Waals surface area contributed by atoms with Gasteiger partial charge in [0.25, 0.3) is 0 Å². The van der Waals surface area contributed by atoms with Crippen molar-refractivity contribution in [1.82, 2.24) is 5.32 Å². The Balaban J connectivity index is 3.39.